The number of ether oxygens (including phenoxy) is 1. The van der Waals surface area contributed by atoms with Crippen LogP contribution in [0.15, 0.2) is 60.7 Å². The van der Waals surface area contributed by atoms with Crippen LogP contribution in [0.1, 0.15) is 17.2 Å². The van der Waals surface area contributed by atoms with E-state index in [0.717, 1.165) is 11.1 Å². The maximum Gasteiger partial charge on any atom is 0.404 e. The van der Waals surface area contributed by atoms with Crippen molar-refractivity contribution < 1.29 is 14.3 Å². The summed E-state index contributed by atoms with van der Waals surface area (Å²) in [5, 5.41) is 2.88. The van der Waals surface area contributed by atoms with E-state index < -0.39 is 18.0 Å². The SMILES string of the molecule is NC(=O)OC[C@H](N)C(=O)NC(c1ccccc1)c1ccccc1. The molecule has 2 amide bonds. The Kier molecular flexibility index (Phi) is 5.71. The van der Waals surface area contributed by atoms with Gasteiger partial charge in [0.2, 0.25) is 5.91 Å². The Bertz CT molecular complexity index is 607. The lowest BCUT2D eigenvalue weighted by Gasteiger charge is -2.22. The third kappa shape index (κ3) is 4.82. The standard InChI is InChI=1S/C17H19N3O3/c18-14(11-23-17(19)22)16(21)20-15(12-7-3-1-4-8-12)13-9-5-2-6-10-13/h1-10,14-15H,11,18H2,(H2,19,22)(H,20,21)/t14-/m0/s1. The maximum absolute atomic E-state index is 12.2. The van der Waals surface area contributed by atoms with Crippen molar-refractivity contribution in [2.45, 2.75) is 12.1 Å². The van der Waals surface area contributed by atoms with Crippen LogP contribution in [0.25, 0.3) is 0 Å². The van der Waals surface area contributed by atoms with Gasteiger partial charge in [-0.1, -0.05) is 60.7 Å². The van der Waals surface area contributed by atoms with Gasteiger partial charge in [-0.15, -0.1) is 0 Å². The summed E-state index contributed by atoms with van der Waals surface area (Å²) < 4.78 is 4.57. The first-order chi connectivity index (χ1) is 11.1. The molecule has 6 nitrogen and oxygen atoms in total. The average Bonchev–Trinajstić information content (AvgIpc) is 2.58. The van der Waals surface area contributed by atoms with E-state index in [1.54, 1.807) is 0 Å². The van der Waals surface area contributed by atoms with Crippen LogP contribution in [0.5, 0.6) is 0 Å². The van der Waals surface area contributed by atoms with Gasteiger partial charge in [-0.2, -0.15) is 0 Å². The van der Waals surface area contributed by atoms with E-state index in [1.807, 2.05) is 60.7 Å². The van der Waals surface area contributed by atoms with Gasteiger partial charge >= 0.3 is 6.09 Å². The molecule has 120 valence electrons. The van der Waals surface area contributed by atoms with Gasteiger partial charge in [0, 0.05) is 0 Å². The van der Waals surface area contributed by atoms with Crippen molar-refractivity contribution in [2.24, 2.45) is 11.5 Å². The highest BCUT2D eigenvalue weighted by Gasteiger charge is 2.21. The van der Waals surface area contributed by atoms with Crippen molar-refractivity contribution in [3.63, 3.8) is 0 Å². The fourth-order valence-electron chi connectivity index (χ4n) is 2.15. The van der Waals surface area contributed by atoms with Gasteiger partial charge in [0.15, 0.2) is 0 Å². The Labute approximate surface area is 134 Å². The molecule has 0 fully saturated rings. The molecule has 0 aliphatic rings. The first kappa shape index (κ1) is 16.5. The Morgan fingerprint density at radius 3 is 1.87 bits per heavy atom. The van der Waals surface area contributed by atoms with Gasteiger partial charge in [-0.25, -0.2) is 4.79 Å². The topological polar surface area (TPSA) is 107 Å². The predicted octanol–water partition coefficient (Wildman–Crippen LogP) is 1.31. The second-order valence-electron chi connectivity index (χ2n) is 5.00. The zero-order valence-corrected chi connectivity index (χ0v) is 12.5. The number of benzene rings is 2. The van der Waals surface area contributed by atoms with Crippen molar-refractivity contribution in [1.82, 2.24) is 5.32 Å². The Balaban J connectivity index is 2.15. The van der Waals surface area contributed by atoms with Gasteiger partial charge in [-0.05, 0) is 11.1 Å². The van der Waals surface area contributed by atoms with Gasteiger partial charge in [0.05, 0.1) is 6.04 Å². The largest absolute Gasteiger partial charge is 0.447 e. The van der Waals surface area contributed by atoms with Gasteiger partial charge in [0.25, 0.3) is 0 Å². The van der Waals surface area contributed by atoms with Crippen molar-refractivity contribution in [3.8, 4) is 0 Å². The first-order valence-electron chi connectivity index (χ1n) is 7.16. The number of carbonyl (C=O) groups excluding carboxylic acids is 2. The van der Waals surface area contributed by atoms with Crippen LogP contribution in [-0.4, -0.2) is 24.6 Å². The summed E-state index contributed by atoms with van der Waals surface area (Å²) in [5.41, 5.74) is 12.5. The molecule has 0 aromatic heterocycles. The van der Waals surface area contributed by atoms with E-state index in [9.17, 15) is 9.59 Å². The molecule has 0 bridgehead atoms. The lowest BCUT2D eigenvalue weighted by Crippen LogP contribution is -2.45. The summed E-state index contributed by atoms with van der Waals surface area (Å²) in [6, 6.07) is 17.7. The highest BCUT2D eigenvalue weighted by atomic mass is 16.5. The van der Waals surface area contributed by atoms with Crippen LogP contribution in [0.3, 0.4) is 0 Å². The van der Waals surface area contributed by atoms with E-state index in [-0.39, 0.29) is 12.6 Å². The molecular formula is C17H19N3O3. The molecule has 0 heterocycles. The monoisotopic (exact) mass is 313 g/mol. The summed E-state index contributed by atoms with van der Waals surface area (Å²) in [7, 11) is 0. The lowest BCUT2D eigenvalue weighted by molar-refractivity contribution is -0.123. The third-order valence-corrected chi connectivity index (χ3v) is 3.29. The Morgan fingerprint density at radius 2 is 1.43 bits per heavy atom. The fourth-order valence-corrected chi connectivity index (χ4v) is 2.15. The van der Waals surface area contributed by atoms with Gasteiger partial charge < -0.3 is 21.5 Å². The summed E-state index contributed by atoms with van der Waals surface area (Å²) >= 11 is 0. The molecule has 23 heavy (non-hydrogen) atoms. The first-order valence-corrected chi connectivity index (χ1v) is 7.16. The number of rotatable bonds is 6. The molecule has 0 aliphatic carbocycles. The smallest absolute Gasteiger partial charge is 0.404 e. The highest BCUT2D eigenvalue weighted by molar-refractivity contribution is 5.82. The summed E-state index contributed by atoms with van der Waals surface area (Å²) in [5.74, 6) is -0.427. The van der Waals surface area contributed by atoms with E-state index in [1.165, 1.54) is 0 Å². The van der Waals surface area contributed by atoms with E-state index >= 15 is 0 Å². The van der Waals surface area contributed by atoms with E-state index in [0.29, 0.717) is 0 Å². The molecular weight excluding hydrogens is 294 g/mol. The lowest BCUT2D eigenvalue weighted by atomic mass is 9.98. The zero-order valence-electron chi connectivity index (χ0n) is 12.5. The molecule has 2 aromatic rings. The number of nitrogens with two attached hydrogens (primary N) is 2. The predicted molar refractivity (Wildman–Crippen MR) is 86.4 cm³/mol. The normalized spacial score (nSPS) is 11.7. The van der Waals surface area contributed by atoms with Gasteiger partial charge in [0.1, 0.15) is 12.6 Å². The summed E-state index contributed by atoms with van der Waals surface area (Å²) in [6.45, 7) is -0.266. The second-order valence-corrected chi connectivity index (χ2v) is 5.00. The minimum atomic E-state index is -0.988. The summed E-state index contributed by atoms with van der Waals surface area (Å²) in [4.78, 5) is 22.8. The van der Waals surface area contributed by atoms with Crippen molar-refractivity contribution >= 4 is 12.0 Å². The minimum absolute atomic E-state index is 0.266. The van der Waals surface area contributed by atoms with E-state index in [2.05, 4.69) is 10.1 Å². The van der Waals surface area contributed by atoms with Crippen LogP contribution in [0.4, 0.5) is 4.79 Å². The molecule has 0 saturated carbocycles. The molecule has 0 unspecified atom stereocenters. The highest BCUT2D eigenvalue weighted by Crippen LogP contribution is 2.21. The Morgan fingerprint density at radius 1 is 0.957 bits per heavy atom. The number of hydrogen-bond acceptors (Lipinski definition) is 4. The van der Waals surface area contributed by atoms with Gasteiger partial charge in [-0.3, -0.25) is 4.79 Å². The quantitative estimate of drug-likeness (QED) is 0.747. The molecule has 0 radical (unpaired) electrons. The molecule has 0 saturated heterocycles. The number of amides is 2. The molecule has 1 atom stereocenters. The second kappa shape index (κ2) is 7.95. The molecule has 0 spiro atoms. The average molecular weight is 313 g/mol. The molecule has 6 heteroatoms. The van der Waals surface area contributed by atoms with Crippen molar-refractivity contribution in [3.05, 3.63) is 71.8 Å². The number of nitrogens with one attached hydrogen (secondary N) is 1. The van der Waals surface area contributed by atoms with E-state index in [4.69, 9.17) is 11.5 Å². The van der Waals surface area contributed by atoms with Crippen molar-refractivity contribution in [1.29, 1.82) is 0 Å². The van der Waals surface area contributed by atoms with Crippen molar-refractivity contribution in [2.75, 3.05) is 6.61 Å². The number of carbonyl (C=O) groups is 2. The van der Waals surface area contributed by atoms with Crippen LogP contribution < -0.4 is 16.8 Å². The molecule has 5 N–H and O–H groups in total. The zero-order chi connectivity index (χ0) is 16.7. The molecule has 2 rings (SSSR count). The van der Waals surface area contributed by atoms with Crippen LogP contribution in [0, 0.1) is 0 Å². The molecule has 0 aliphatic heterocycles. The van der Waals surface area contributed by atoms with Crippen LogP contribution in [0.2, 0.25) is 0 Å². The van der Waals surface area contributed by atoms with Crippen LogP contribution >= 0.6 is 0 Å². The maximum atomic E-state index is 12.2. The Hall–Kier alpha value is -2.86. The summed E-state index contributed by atoms with van der Waals surface area (Å²) in [6.07, 6.45) is -0.962. The number of hydrogen-bond donors (Lipinski definition) is 3. The molecule has 2 aromatic carbocycles. The van der Waals surface area contributed by atoms with Crippen LogP contribution in [-0.2, 0) is 9.53 Å². The third-order valence-electron chi connectivity index (χ3n) is 3.29. The minimum Gasteiger partial charge on any atom is -0.447 e. The fraction of sp³-hybridized carbons (Fsp3) is 0.176. The number of primary amides is 1.